The van der Waals surface area contributed by atoms with Crippen LogP contribution in [-0.4, -0.2) is 57.0 Å². The molecule has 2 rings (SSSR count). The summed E-state index contributed by atoms with van der Waals surface area (Å²) >= 11 is 0. The van der Waals surface area contributed by atoms with Crippen LogP contribution in [0.15, 0.2) is 24.3 Å². The molecule has 1 aromatic rings. The normalized spacial score (nSPS) is 20.0. The number of sulfone groups is 1. The van der Waals surface area contributed by atoms with Crippen molar-refractivity contribution in [2.24, 2.45) is 0 Å². The Labute approximate surface area is 132 Å². The number of carbonyl (C=O) groups excluding carboxylic acids is 1. The van der Waals surface area contributed by atoms with Crippen LogP contribution in [0.4, 0.5) is 0 Å². The lowest BCUT2D eigenvalue weighted by molar-refractivity contribution is 0.0624. The monoisotopic (exact) mass is 325 g/mol. The van der Waals surface area contributed by atoms with Crippen molar-refractivity contribution in [3.05, 3.63) is 35.4 Å². The first-order valence-corrected chi connectivity index (χ1v) is 9.38. The molecule has 122 valence electrons. The second-order valence-corrected chi connectivity index (χ2v) is 7.83. The summed E-state index contributed by atoms with van der Waals surface area (Å²) in [4.78, 5) is 14.4. The van der Waals surface area contributed by atoms with Crippen molar-refractivity contribution in [2.45, 2.75) is 25.8 Å². The highest BCUT2D eigenvalue weighted by molar-refractivity contribution is 7.91. The fourth-order valence-corrected chi connectivity index (χ4v) is 4.44. The molecule has 0 aliphatic carbocycles. The van der Waals surface area contributed by atoms with E-state index in [0.717, 1.165) is 6.42 Å². The maximum absolute atomic E-state index is 12.7. The van der Waals surface area contributed by atoms with Crippen molar-refractivity contribution in [3.63, 3.8) is 0 Å². The molecule has 0 aromatic heterocycles. The molecular weight excluding hydrogens is 302 g/mol. The number of aryl methyl sites for hydroxylation is 1. The molecule has 1 aromatic carbocycles. The van der Waals surface area contributed by atoms with Crippen LogP contribution in [0.3, 0.4) is 0 Å². The summed E-state index contributed by atoms with van der Waals surface area (Å²) in [6.07, 6.45) is 1.42. The van der Waals surface area contributed by atoms with Gasteiger partial charge in [0.1, 0.15) is 0 Å². The number of rotatable bonds is 6. The lowest BCUT2D eigenvalue weighted by Gasteiger charge is -2.28. The fraction of sp³-hybridized carbons (Fsp3) is 0.562. The largest absolute Gasteiger partial charge is 0.383 e. The van der Waals surface area contributed by atoms with Gasteiger partial charge < -0.3 is 9.64 Å². The van der Waals surface area contributed by atoms with Crippen molar-refractivity contribution in [3.8, 4) is 0 Å². The summed E-state index contributed by atoms with van der Waals surface area (Å²) in [6, 6.07) is 7.24. The Hall–Kier alpha value is -1.40. The number of hydrogen-bond donors (Lipinski definition) is 0. The van der Waals surface area contributed by atoms with Crippen LogP contribution < -0.4 is 0 Å². The number of carbonyl (C=O) groups is 1. The topological polar surface area (TPSA) is 63.7 Å². The number of amides is 1. The lowest BCUT2D eigenvalue weighted by atomic mass is 10.1. The lowest BCUT2D eigenvalue weighted by Crippen LogP contribution is -2.43. The predicted molar refractivity (Wildman–Crippen MR) is 85.8 cm³/mol. The van der Waals surface area contributed by atoms with Crippen molar-refractivity contribution < 1.29 is 17.9 Å². The van der Waals surface area contributed by atoms with Gasteiger partial charge in [-0.15, -0.1) is 0 Å². The van der Waals surface area contributed by atoms with Gasteiger partial charge in [-0.25, -0.2) is 8.42 Å². The molecule has 1 fully saturated rings. The Kier molecular flexibility index (Phi) is 5.58. The molecule has 5 nitrogen and oxygen atoms in total. The number of ether oxygens (including phenoxy) is 1. The molecule has 0 N–H and O–H groups in total. The third kappa shape index (κ3) is 4.08. The van der Waals surface area contributed by atoms with Gasteiger partial charge in [0, 0.05) is 25.3 Å². The van der Waals surface area contributed by atoms with Crippen LogP contribution in [0.5, 0.6) is 0 Å². The maximum Gasteiger partial charge on any atom is 0.254 e. The third-order valence-electron chi connectivity index (χ3n) is 4.06. The number of benzene rings is 1. The second kappa shape index (κ2) is 7.24. The van der Waals surface area contributed by atoms with E-state index in [1.807, 2.05) is 24.3 Å². The molecule has 1 unspecified atom stereocenters. The summed E-state index contributed by atoms with van der Waals surface area (Å²) in [5.74, 6) is 0.0837. The number of nitrogens with zero attached hydrogens (tertiary/aromatic N) is 1. The highest BCUT2D eigenvalue weighted by Crippen LogP contribution is 2.20. The van der Waals surface area contributed by atoms with Gasteiger partial charge in [0.15, 0.2) is 9.84 Å². The molecule has 1 amide bonds. The predicted octanol–water partition coefficient (Wildman–Crippen LogP) is 1.52. The van der Waals surface area contributed by atoms with Crippen LogP contribution in [0.1, 0.15) is 29.3 Å². The first-order valence-electron chi connectivity index (χ1n) is 7.56. The Balaban J connectivity index is 2.18. The molecular formula is C16H23NO4S. The SMILES string of the molecule is CCc1ccc(C(=O)N(CCOC)C2CCS(=O)(=O)C2)cc1. The molecule has 0 spiro atoms. The molecule has 1 aliphatic rings. The molecule has 1 atom stereocenters. The first-order chi connectivity index (χ1) is 10.5. The van der Waals surface area contributed by atoms with E-state index in [1.165, 1.54) is 5.56 Å². The van der Waals surface area contributed by atoms with E-state index < -0.39 is 9.84 Å². The van der Waals surface area contributed by atoms with E-state index in [0.29, 0.717) is 25.1 Å². The second-order valence-electron chi connectivity index (χ2n) is 5.60. The van der Waals surface area contributed by atoms with E-state index >= 15 is 0 Å². The van der Waals surface area contributed by atoms with E-state index in [-0.39, 0.29) is 23.5 Å². The average molecular weight is 325 g/mol. The van der Waals surface area contributed by atoms with Crippen LogP contribution in [0.25, 0.3) is 0 Å². The minimum absolute atomic E-state index is 0.0511. The Bertz CT molecular complexity index is 610. The summed E-state index contributed by atoms with van der Waals surface area (Å²) < 4.78 is 28.4. The zero-order valence-corrected chi connectivity index (χ0v) is 13.9. The third-order valence-corrected chi connectivity index (χ3v) is 5.81. The smallest absolute Gasteiger partial charge is 0.254 e. The zero-order chi connectivity index (χ0) is 16.2. The van der Waals surface area contributed by atoms with Crippen LogP contribution >= 0.6 is 0 Å². The molecule has 0 bridgehead atoms. The van der Waals surface area contributed by atoms with E-state index in [1.54, 1.807) is 12.0 Å². The molecule has 6 heteroatoms. The summed E-state index contributed by atoms with van der Waals surface area (Å²) in [6.45, 7) is 2.87. The van der Waals surface area contributed by atoms with E-state index in [2.05, 4.69) is 6.92 Å². The Morgan fingerprint density at radius 3 is 2.50 bits per heavy atom. The van der Waals surface area contributed by atoms with Gasteiger partial charge in [-0.1, -0.05) is 19.1 Å². The minimum atomic E-state index is -3.03. The van der Waals surface area contributed by atoms with Crippen LogP contribution in [0.2, 0.25) is 0 Å². The van der Waals surface area contributed by atoms with Gasteiger partial charge in [0.2, 0.25) is 0 Å². The van der Waals surface area contributed by atoms with Gasteiger partial charge in [0.05, 0.1) is 18.1 Å². The van der Waals surface area contributed by atoms with Gasteiger partial charge in [-0.05, 0) is 30.5 Å². The first kappa shape index (κ1) is 17.0. The molecule has 0 saturated carbocycles. The molecule has 1 heterocycles. The minimum Gasteiger partial charge on any atom is -0.383 e. The van der Waals surface area contributed by atoms with Crippen LogP contribution in [0, 0.1) is 0 Å². The number of methoxy groups -OCH3 is 1. The van der Waals surface area contributed by atoms with E-state index in [4.69, 9.17) is 4.74 Å². The summed E-state index contributed by atoms with van der Waals surface area (Å²) in [5, 5.41) is 0. The Morgan fingerprint density at radius 1 is 1.32 bits per heavy atom. The summed E-state index contributed by atoms with van der Waals surface area (Å²) in [5.41, 5.74) is 1.76. The number of hydrogen-bond acceptors (Lipinski definition) is 4. The molecule has 22 heavy (non-hydrogen) atoms. The van der Waals surface area contributed by atoms with Gasteiger partial charge in [-0.2, -0.15) is 0 Å². The highest BCUT2D eigenvalue weighted by atomic mass is 32.2. The highest BCUT2D eigenvalue weighted by Gasteiger charge is 2.34. The van der Waals surface area contributed by atoms with Crippen molar-refractivity contribution in [1.82, 2.24) is 4.90 Å². The average Bonchev–Trinajstić information content (AvgIpc) is 2.87. The van der Waals surface area contributed by atoms with Crippen molar-refractivity contribution >= 4 is 15.7 Å². The molecule has 1 saturated heterocycles. The van der Waals surface area contributed by atoms with E-state index in [9.17, 15) is 13.2 Å². The standard InChI is InChI=1S/C16H23NO4S/c1-3-13-4-6-14(7-5-13)16(18)17(9-10-21-2)15-8-11-22(19,20)12-15/h4-7,15H,3,8-12H2,1-2H3. The quantitative estimate of drug-likeness (QED) is 0.795. The van der Waals surface area contributed by atoms with Crippen molar-refractivity contribution in [2.75, 3.05) is 31.8 Å². The summed E-state index contributed by atoms with van der Waals surface area (Å²) in [7, 11) is -1.45. The van der Waals surface area contributed by atoms with Gasteiger partial charge in [-0.3, -0.25) is 4.79 Å². The fourth-order valence-electron chi connectivity index (χ4n) is 2.71. The van der Waals surface area contributed by atoms with Gasteiger partial charge >= 0.3 is 0 Å². The molecule has 0 radical (unpaired) electrons. The van der Waals surface area contributed by atoms with Crippen LogP contribution in [-0.2, 0) is 21.0 Å². The maximum atomic E-state index is 12.7. The van der Waals surface area contributed by atoms with Gasteiger partial charge in [0.25, 0.3) is 5.91 Å². The Morgan fingerprint density at radius 2 is 2.00 bits per heavy atom. The zero-order valence-electron chi connectivity index (χ0n) is 13.1. The molecule has 1 aliphatic heterocycles. The van der Waals surface area contributed by atoms with Crippen molar-refractivity contribution in [1.29, 1.82) is 0 Å².